The van der Waals surface area contributed by atoms with Crippen molar-refractivity contribution in [3.63, 3.8) is 0 Å². The summed E-state index contributed by atoms with van der Waals surface area (Å²) in [6, 6.07) is 2.36. The highest BCUT2D eigenvalue weighted by atomic mass is 32.2. The van der Waals surface area contributed by atoms with Crippen LogP contribution in [0.4, 0.5) is 0 Å². The van der Waals surface area contributed by atoms with Gasteiger partial charge in [0, 0.05) is 37.7 Å². The molecule has 1 aliphatic rings. The molecule has 0 amide bonds. The second-order valence-corrected chi connectivity index (χ2v) is 6.88. The molecule has 0 spiro atoms. The highest BCUT2D eigenvalue weighted by molar-refractivity contribution is 7.99. The van der Waals surface area contributed by atoms with Crippen LogP contribution >= 0.6 is 11.8 Å². The Morgan fingerprint density at radius 1 is 1.22 bits per heavy atom. The number of nitrogens with zero attached hydrogens (tertiary/aromatic N) is 2. The molecule has 0 aromatic carbocycles. The van der Waals surface area contributed by atoms with Gasteiger partial charge in [-0.25, -0.2) is 0 Å². The van der Waals surface area contributed by atoms with Crippen LogP contribution in [-0.2, 0) is 0 Å². The Kier molecular flexibility index (Phi) is 7.73. The van der Waals surface area contributed by atoms with Crippen LogP contribution < -0.4 is 5.32 Å². The van der Waals surface area contributed by atoms with Crippen molar-refractivity contribution in [2.45, 2.75) is 33.1 Å². The van der Waals surface area contributed by atoms with E-state index in [1.54, 1.807) is 0 Å². The van der Waals surface area contributed by atoms with E-state index in [2.05, 4.69) is 28.0 Å². The Hall–Kier alpha value is -0.240. The normalized spacial score (nSPS) is 17.6. The molecule has 1 rings (SSSR count). The lowest BCUT2D eigenvalue weighted by atomic mass is 9.89. The van der Waals surface area contributed by atoms with Crippen LogP contribution in [0.15, 0.2) is 0 Å². The zero-order chi connectivity index (χ0) is 13.3. The molecule has 0 bridgehead atoms. The molecule has 1 saturated heterocycles. The summed E-state index contributed by atoms with van der Waals surface area (Å²) in [6.45, 7) is 9.93. The molecule has 1 aliphatic heterocycles. The molecular weight excluding hydrogens is 242 g/mol. The van der Waals surface area contributed by atoms with E-state index in [1.165, 1.54) is 37.6 Å². The van der Waals surface area contributed by atoms with Crippen LogP contribution in [-0.4, -0.2) is 49.1 Å². The van der Waals surface area contributed by atoms with Crippen LogP contribution in [0.2, 0.25) is 0 Å². The van der Waals surface area contributed by atoms with Gasteiger partial charge in [0.15, 0.2) is 0 Å². The van der Waals surface area contributed by atoms with E-state index in [1.807, 2.05) is 13.8 Å². The largest absolute Gasteiger partial charge is 0.315 e. The molecule has 104 valence electrons. The lowest BCUT2D eigenvalue weighted by Gasteiger charge is -2.26. The maximum absolute atomic E-state index is 8.91. The van der Waals surface area contributed by atoms with E-state index in [0.29, 0.717) is 0 Å². The third-order valence-electron chi connectivity index (χ3n) is 3.42. The van der Waals surface area contributed by atoms with E-state index in [9.17, 15) is 0 Å². The van der Waals surface area contributed by atoms with Gasteiger partial charge in [-0.05, 0) is 33.2 Å². The highest BCUT2D eigenvalue weighted by Gasteiger charge is 2.15. The first-order valence-electron chi connectivity index (χ1n) is 7.06. The van der Waals surface area contributed by atoms with Crippen molar-refractivity contribution in [3.05, 3.63) is 0 Å². The summed E-state index contributed by atoms with van der Waals surface area (Å²) in [4.78, 5) is 2.54. The minimum atomic E-state index is -0.147. The lowest BCUT2D eigenvalue weighted by molar-refractivity contribution is 0.300. The van der Waals surface area contributed by atoms with Gasteiger partial charge in [0.25, 0.3) is 0 Å². The van der Waals surface area contributed by atoms with Crippen molar-refractivity contribution in [3.8, 4) is 6.07 Å². The van der Waals surface area contributed by atoms with E-state index >= 15 is 0 Å². The second kappa shape index (κ2) is 8.79. The molecule has 0 saturated carbocycles. The van der Waals surface area contributed by atoms with E-state index in [-0.39, 0.29) is 5.41 Å². The lowest BCUT2D eigenvalue weighted by Crippen LogP contribution is -2.37. The molecule has 0 aromatic heterocycles. The fourth-order valence-electron chi connectivity index (χ4n) is 2.06. The number of unbranched alkanes of at least 4 members (excludes halogenated alkanes) is 1. The molecule has 3 nitrogen and oxygen atoms in total. The number of nitriles is 1. The fraction of sp³-hybridized carbons (Fsp3) is 0.929. The van der Waals surface area contributed by atoms with Crippen molar-refractivity contribution in [1.29, 1.82) is 5.26 Å². The average molecular weight is 269 g/mol. The predicted octanol–water partition coefficient (Wildman–Crippen LogP) is 2.34. The van der Waals surface area contributed by atoms with Crippen molar-refractivity contribution < 1.29 is 0 Å². The first-order chi connectivity index (χ1) is 8.64. The quantitative estimate of drug-likeness (QED) is 0.687. The van der Waals surface area contributed by atoms with Crippen LogP contribution in [0.25, 0.3) is 0 Å². The Labute approximate surface area is 116 Å². The monoisotopic (exact) mass is 269 g/mol. The van der Waals surface area contributed by atoms with Crippen molar-refractivity contribution in [1.82, 2.24) is 10.2 Å². The summed E-state index contributed by atoms with van der Waals surface area (Å²) in [7, 11) is 0. The highest BCUT2D eigenvalue weighted by Crippen LogP contribution is 2.21. The smallest absolute Gasteiger partial charge is 0.0683 e. The van der Waals surface area contributed by atoms with E-state index in [4.69, 9.17) is 5.26 Å². The molecule has 4 heteroatoms. The molecule has 0 radical (unpaired) electrons. The van der Waals surface area contributed by atoms with Gasteiger partial charge >= 0.3 is 0 Å². The zero-order valence-electron chi connectivity index (χ0n) is 11.9. The minimum Gasteiger partial charge on any atom is -0.315 e. The van der Waals surface area contributed by atoms with Crippen LogP contribution in [0.5, 0.6) is 0 Å². The Bertz CT molecular complexity index is 254. The van der Waals surface area contributed by atoms with Gasteiger partial charge in [-0.15, -0.1) is 0 Å². The number of rotatable bonds is 8. The number of thioether (sulfide) groups is 1. The molecule has 0 aromatic rings. The van der Waals surface area contributed by atoms with Gasteiger partial charge in [-0.3, -0.25) is 0 Å². The Balaban J connectivity index is 1.88. The SMILES string of the molecule is CC(C)(C#N)CCCCNCCN1CCSCC1. The van der Waals surface area contributed by atoms with Crippen molar-refractivity contribution in [2.24, 2.45) is 5.41 Å². The Morgan fingerprint density at radius 3 is 2.61 bits per heavy atom. The average Bonchev–Trinajstić information content (AvgIpc) is 2.39. The molecule has 1 fully saturated rings. The third-order valence-corrected chi connectivity index (χ3v) is 4.36. The molecule has 0 unspecified atom stereocenters. The van der Waals surface area contributed by atoms with Gasteiger partial charge in [-0.1, -0.05) is 6.42 Å². The molecule has 0 aliphatic carbocycles. The van der Waals surface area contributed by atoms with Gasteiger partial charge in [0.2, 0.25) is 0 Å². The van der Waals surface area contributed by atoms with Gasteiger partial charge < -0.3 is 10.2 Å². The Morgan fingerprint density at radius 2 is 1.94 bits per heavy atom. The van der Waals surface area contributed by atoms with Gasteiger partial charge in [0.1, 0.15) is 0 Å². The summed E-state index contributed by atoms with van der Waals surface area (Å²) >= 11 is 2.06. The summed E-state index contributed by atoms with van der Waals surface area (Å²) < 4.78 is 0. The van der Waals surface area contributed by atoms with E-state index < -0.39 is 0 Å². The zero-order valence-corrected chi connectivity index (χ0v) is 12.7. The van der Waals surface area contributed by atoms with Crippen LogP contribution in [0.1, 0.15) is 33.1 Å². The summed E-state index contributed by atoms with van der Waals surface area (Å²) in [5, 5.41) is 12.4. The molecule has 18 heavy (non-hydrogen) atoms. The summed E-state index contributed by atoms with van der Waals surface area (Å²) in [5.41, 5.74) is -0.147. The van der Waals surface area contributed by atoms with Crippen molar-refractivity contribution >= 4 is 11.8 Å². The predicted molar refractivity (Wildman–Crippen MR) is 79.9 cm³/mol. The topological polar surface area (TPSA) is 39.1 Å². The van der Waals surface area contributed by atoms with Gasteiger partial charge in [-0.2, -0.15) is 17.0 Å². The van der Waals surface area contributed by atoms with Crippen LogP contribution in [0, 0.1) is 16.7 Å². The maximum atomic E-state index is 8.91. The molecule has 1 N–H and O–H groups in total. The molecule has 0 atom stereocenters. The third kappa shape index (κ3) is 7.25. The fourth-order valence-corrected chi connectivity index (χ4v) is 3.04. The summed E-state index contributed by atoms with van der Waals surface area (Å²) in [6.07, 6.45) is 3.34. The molecular formula is C14H27N3S. The summed E-state index contributed by atoms with van der Waals surface area (Å²) in [5.74, 6) is 2.59. The number of nitrogens with one attached hydrogen (secondary N) is 1. The number of hydrogen-bond donors (Lipinski definition) is 1. The minimum absolute atomic E-state index is 0.147. The van der Waals surface area contributed by atoms with E-state index in [0.717, 1.165) is 25.9 Å². The second-order valence-electron chi connectivity index (χ2n) is 5.66. The molecule has 1 heterocycles. The first-order valence-corrected chi connectivity index (χ1v) is 8.22. The van der Waals surface area contributed by atoms with Crippen LogP contribution in [0.3, 0.4) is 0 Å². The van der Waals surface area contributed by atoms with Crippen molar-refractivity contribution in [2.75, 3.05) is 44.2 Å². The standard InChI is InChI=1S/C14H27N3S/c1-14(2,13-15)5-3-4-6-16-7-8-17-9-11-18-12-10-17/h16H,3-12H2,1-2H3. The maximum Gasteiger partial charge on any atom is 0.0683 e. The first kappa shape index (κ1) is 15.8. The number of hydrogen-bond acceptors (Lipinski definition) is 4. The van der Waals surface area contributed by atoms with Gasteiger partial charge in [0.05, 0.1) is 11.5 Å².